The molecule has 2 aromatic rings. The summed E-state index contributed by atoms with van der Waals surface area (Å²) in [6.07, 6.45) is 1.07. The highest BCUT2D eigenvalue weighted by molar-refractivity contribution is 5.78. The molecule has 0 radical (unpaired) electrons. The van der Waals surface area contributed by atoms with Crippen molar-refractivity contribution in [2.75, 3.05) is 13.6 Å². The molecule has 4 nitrogen and oxygen atoms in total. The van der Waals surface area contributed by atoms with Gasteiger partial charge >= 0.3 is 0 Å². The summed E-state index contributed by atoms with van der Waals surface area (Å²) in [6.45, 7) is 7.37. The Balaban J connectivity index is 1.85. The van der Waals surface area contributed by atoms with Gasteiger partial charge in [0, 0.05) is 6.54 Å². The molecule has 4 heteroatoms. The third-order valence-corrected chi connectivity index (χ3v) is 4.42. The Morgan fingerprint density at radius 3 is 2.44 bits per heavy atom. The standard InChI is InChI=1S/C23H29N3O/c1-17(2)12-19-8-10-22(11-9-19)18(3)25-23(27)16-26(4)15-21-7-5-6-20(13-21)14-24/h5-11,13,17-18H,12,15-16H2,1-4H3,(H,25,27). The minimum absolute atomic E-state index is 0.00676. The summed E-state index contributed by atoms with van der Waals surface area (Å²) in [5.41, 5.74) is 4.10. The molecule has 0 aliphatic carbocycles. The van der Waals surface area contributed by atoms with E-state index in [-0.39, 0.29) is 11.9 Å². The highest BCUT2D eigenvalue weighted by Gasteiger charge is 2.12. The number of nitriles is 1. The molecule has 1 unspecified atom stereocenters. The lowest BCUT2D eigenvalue weighted by Crippen LogP contribution is -2.36. The Hall–Kier alpha value is -2.64. The van der Waals surface area contributed by atoms with Crippen LogP contribution in [0.2, 0.25) is 0 Å². The van der Waals surface area contributed by atoms with E-state index in [0.29, 0.717) is 24.6 Å². The maximum absolute atomic E-state index is 12.4. The molecule has 0 heterocycles. The maximum atomic E-state index is 12.4. The summed E-state index contributed by atoms with van der Waals surface area (Å²) >= 11 is 0. The lowest BCUT2D eigenvalue weighted by Gasteiger charge is -2.19. The molecule has 2 aromatic carbocycles. The number of hydrogen-bond acceptors (Lipinski definition) is 3. The fraction of sp³-hybridized carbons (Fsp3) is 0.391. The fourth-order valence-corrected chi connectivity index (χ4v) is 3.14. The molecule has 0 aliphatic heterocycles. The van der Waals surface area contributed by atoms with Gasteiger partial charge in [-0.05, 0) is 55.1 Å². The zero-order valence-corrected chi connectivity index (χ0v) is 16.7. The summed E-state index contributed by atoms with van der Waals surface area (Å²) in [7, 11) is 1.91. The van der Waals surface area contributed by atoms with Gasteiger partial charge in [0.15, 0.2) is 0 Å². The average Bonchev–Trinajstić information content (AvgIpc) is 2.61. The average molecular weight is 364 g/mol. The zero-order valence-electron chi connectivity index (χ0n) is 16.7. The van der Waals surface area contributed by atoms with Crippen LogP contribution < -0.4 is 5.32 Å². The van der Waals surface area contributed by atoms with Crippen LogP contribution in [0.15, 0.2) is 48.5 Å². The minimum atomic E-state index is -0.0269. The van der Waals surface area contributed by atoms with Crippen LogP contribution in [0, 0.1) is 17.2 Å². The van der Waals surface area contributed by atoms with Crippen LogP contribution in [-0.2, 0) is 17.8 Å². The van der Waals surface area contributed by atoms with E-state index in [0.717, 1.165) is 17.5 Å². The van der Waals surface area contributed by atoms with Crippen LogP contribution >= 0.6 is 0 Å². The van der Waals surface area contributed by atoms with Crippen LogP contribution in [0.25, 0.3) is 0 Å². The topological polar surface area (TPSA) is 56.1 Å². The summed E-state index contributed by atoms with van der Waals surface area (Å²) < 4.78 is 0. The Morgan fingerprint density at radius 1 is 1.11 bits per heavy atom. The third-order valence-electron chi connectivity index (χ3n) is 4.42. The molecule has 0 saturated carbocycles. The smallest absolute Gasteiger partial charge is 0.234 e. The lowest BCUT2D eigenvalue weighted by molar-refractivity contribution is -0.122. The normalized spacial score (nSPS) is 12.0. The van der Waals surface area contributed by atoms with Gasteiger partial charge in [0.2, 0.25) is 5.91 Å². The molecule has 0 saturated heterocycles. The van der Waals surface area contributed by atoms with Gasteiger partial charge in [-0.25, -0.2) is 0 Å². The van der Waals surface area contributed by atoms with Gasteiger partial charge in [-0.15, -0.1) is 0 Å². The van der Waals surface area contributed by atoms with Crippen molar-refractivity contribution in [1.82, 2.24) is 10.2 Å². The Bertz CT molecular complexity index is 790. The number of rotatable bonds is 8. The van der Waals surface area contributed by atoms with Crippen LogP contribution in [-0.4, -0.2) is 24.4 Å². The van der Waals surface area contributed by atoms with E-state index in [1.807, 2.05) is 37.1 Å². The predicted molar refractivity (Wildman–Crippen MR) is 109 cm³/mol. The first kappa shape index (κ1) is 20.7. The number of amides is 1. The largest absolute Gasteiger partial charge is 0.348 e. The number of nitrogens with zero attached hydrogens (tertiary/aromatic N) is 2. The van der Waals surface area contributed by atoms with Gasteiger partial charge in [-0.1, -0.05) is 50.2 Å². The molecule has 0 aromatic heterocycles. The fourth-order valence-electron chi connectivity index (χ4n) is 3.14. The van der Waals surface area contributed by atoms with Crippen molar-refractivity contribution in [3.8, 4) is 6.07 Å². The van der Waals surface area contributed by atoms with Crippen molar-refractivity contribution in [2.45, 2.75) is 39.8 Å². The highest BCUT2D eigenvalue weighted by Crippen LogP contribution is 2.15. The first-order valence-electron chi connectivity index (χ1n) is 9.43. The van der Waals surface area contributed by atoms with E-state index < -0.39 is 0 Å². The second-order valence-electron chi connectivity index (χ2n) is 7.61. The van der Waals surface area contributed by atoms with Gasteiger partial charge in [0.05, 0.1) is 24.2 Å². The van der Waals surface area contributed by atoms with E-state index in [1.54, 1.807) is 6.07 Å². The summed E-state index contributed by atoms with van der Waals surface area (Å²) in [5, 5.41) is 12.0. The summed E-state index contributed by atoms with van der Waals surface area (Å²) in [4.78, 5) is 14.3. The highest BCUT2D eigenvalue weighted by atomic mass is 16.2. The molecular weight excluding hydrogens is 334 g/mol. The molecule has 0 spiro atoms. The van der Waals surface area contributed by atoms with Crippen molar-refractivity contribution in [2.24, 2.45) is 5.92 Å². The number of hydrogen-bond donors (Lipinski definition) is 1. The van der Waals surface area contributed by atoms with E-state index in [1.165, 1.54) is 5.56 Å². The first-order chi connectivity index (χ1) is 12.9. The zero-order chi connectivity index (χ0) is 19.8. The van der Waals surface area contributed by atoms with E-state index in [2.05, 4.69) is 49.5 Å². The van der Waals surface area contributed by atoms with Crippen LogP contribution in [0.3, 0.4) is 0 Å². The number of benzene rings is 2. The van der Waals surface area contributed by atoms with Gasteiger partial charge in [-0.3, -0.25) is 9.69 Å². The second kappa shape index (κ2) is 9.89. The number of carbonyl (C=O) groups excluding carboxylic acids is 1. The van der Waals surface area contributed by atoms with E-state index in [4.69, 9.17) is 5.26 Å². The Morgan fingerprint density at radius 2 is 1.81 bits per heavy atom. The van der Waals surface area contributed by atoms with Crippen LogP contribution in [0.1, 0.15) is 49.1 Å². The molecule has 2 rings (SSSR count). The van der Waals surface area contributed by atoms with Crippen molar-refractivity contribution >= 4 is 5.91 Å². The van der Waals surface area contributed by atoms with Crippen molar-refractivity contribution < 1.29 is 4.79 Å². The van der Waals surface area contributed by atoms with Crippen molar-refractivity contribution in [3.63, 3.8) is 0 Å². The number of likely N-dealkylation sites (N-methyl/N-ethyl adjacent to an activating group) is 1. The molecular formula is C23H29N3O. The molecule has 142 valence electrons. The second-order valence-corrected chi connectivity index (χ2v) is 7.61. The van der Waals surface area contributed by atoms with Gasteiger partial charge in [0.25, 0.3) is 0 Å². The summed E-state index contributed by atoms with van der Waals surface area (Å²) in [6, 6.07) is 18.1. The molecule has 1 atom stereocenters. The lowest BCUT2D eigenvalue weighted by atomic mass is 10.00. The van der Waals surface area contributed by atoms with Gasteiger partial charge in [-0.2, -0.15) is 5.26 Å². The van der Waals surface area contributed by atoms with Crippen molar-refractivity contribution in [1.29, 1.82) is 5.26 Å². The quantitative estimate of drug-likeness (QED) is 0.769. The van der Waals surface area contributed by atoms with E-state index in [9.17, 15) is 4.79 Å². The first-order valence-corrected chi connectivity index (χ1v) is 9.43. The number of nitrogens with one attached hydrogen (secondary N) is 1. The third kappa shape index (κ3) is 6.88. The number of carbonyl (C=O) groups is 1. The maximum Gasteiger partial charge on any atom is 0.234 e. The van der Waals surface area contributed by atoms with E-state index >= 15 is 0 Å². The van der Waals surface area contributed by atoms with Gasteiger partial charge < -0.3 is 5.32 Å². The summed E-state index contributed by atoms with van der Waals surface area (Å²) in [5.74, 6) is 0.630. The predicted octanol–water partition coefficient (Wildman–Crippen LogP) is 4.07. The molecule has 0 fully saturated rings. The Labute approximate surface area is 162 Å². The molecule has 0 aliphatic rings. The van der Waals surface area contributed by atoms with Crippen LogP contribution in [0.5, 0.6) is 0 Å². The molecule has 1 amide bonds. The van der Waals surface area contributed by atoms with Crippen molar-refractivity contribution in [3.05, 3.63) is 70.8 Å². The monoisotopic (exact) mass is 363 g/mol. The molecule has 1 N–H and O–H groups in total. The van der Waals surface area contributed by atoms with Crippen LogP contribution in [0.4, 0.5) is 0 Å². The molecule has 0 bridgehead atoms. The minimum Gasteiger partial charge on any atom is -0.348 e. The Kier molecular flexibility index (Phi) is 7.57. The van der Waals surface area contributed by atoms with Gasteiger partial charge in [0.1, 0.15) is 0 Å². The SMILES string of the molecule is CC(C)Cc1ccc(C(C)NC(=O)CN(C)Cc2cccc(C#N)c2)cc1. The molecule has 27 heavy (non-hydrogen) atoms.